The predicted molar refractivity (Wildman–Crippen MR) is 69.6 cm³/mol. The predicted octanol–water partition coefficient (Wildman–Crippen LogP) is 2.75. The Kier molecular flexibility index (Phi) is 3.94. The number of aryl methyl sites for hydroxylation is 1. The second kappa shape index (κ2) is 5.64. The zero-order valence-corrected chi connectivity index (χ0v) is 10.4. The molecular weight excluding hydrogens is 210 g/mol. The molecule has 0 aliphatic rings. The Hall–Kier alpha value is -1.61. The number of hydrogen-bond acceptors (Lipinski definition) is 2. The molecule has 0 aliphatic carbocycles. The van der Waals surface area contributed by atoms with Crippen LogP contribution in [0.3, 0.4) is 0 Å². The van der Waals surface area contributed by atoms with E-state index in [1.54, 1.807) is 0 Å². The molecule has 1 unspecified atom stereocenters. The number of pyridine rings is 1. The van der Waals surface area contributed by atoms with Crippen LogP contribution in [0.25, 0.3) is 0 Å². The summed E-state index contributed by atoms with van der Waals surface area (Å²) in [6.07, 6.45) is 7.97. The maximum atomic E-state index is 4.03. The van der Waals surface area contributed by atoms with Crippen molar-refractivity contribution in [1.29, 1.82) is 0 Å². The third kappa shape index (κ3) is 3.17. The number of aromatic nitrogens is 2. The molecule has 90 valence electrons. The van der Waals surface area contributed by atoms with Crippen molar-refractivity contribution >= 4 is 0 Å². The standard InChI is InChI=1S/C14H19N3/c1-3-17-9-6-13(11-17)10-16-12(2)14-4-7-15-8-5-14/h4-9,11-12,16H,3,10H2,1-2H3. The van der Waals surface area contributed by atoms with Crippen molar-refractivity contribution in [3.8, 4) is 0 Å². The molecule has 3 heteroatoms. The lowest BCUT2D eigenvalue weighted by Crippen LogP contribution is -2.17. The summed E-state index contributed by atoms with van der Waals surface area (Å²) in [4.78, 5) is 4.03. The van der Waals surface area contributed by atoms with Crippen LogP contribution in [0.2, 0.25) is 0 Å². The molecule has 0 aromatic carbocycles. The van der Waals surface area contributed by atoms with Crippen molar-refractivity contribution in [3.05, 3.63) is 54.1 Å². The van der Waals surface area contributed by atoms with E-state index in [0.29, 0.717) is 6.04 Å². The third-order valence-electron chi connectivity index (χ3n) is 3.00. The minimum absolute atomic E-state index is 0.350. The van der Waals surface area contributed by atoms with E-state index in [0.717, 1.165) is 13.1 Å². The summed E-state index contributed by atoms with van der Waals surface area (Å²) in [7, 11) is 0. The number of rotatable bonds is 5. The molecule has 17 heavy (non-hydrogen) atoms. The van der Waals surface area contributed by atoms with Crippen LogP contribution in [0, 0.1) is 0 Å². The first-order valence-corrected chi connectivity index (χ1v) is 6.07. The van der Waals surface area contributed by atoms with Crippen LogP contribution in [0.4, 0.5) is 0 Å². The van der Waals surface area contributed by atoms with Gasteiger partial charge >= 0.3 is 0 Å². The summed E-state index contributed by atoms with van der Waals surface area (Å²) in [6.45, 7) is 6.25. The molecule has 0 saturated heterocycles. The van der Waals surface area contributed by atoms with Crippen LogP contribution < -0.4 is 5.32 Å². The van der Waals surface area contributed by atoms with Gasteiger partial charge in [0.05, 0.1) is 0 Å². The number of nitrogens with zero attached hydrogens (tertiary/aromatic N) is 2. The SMILES string of the molecule is CCn1ccc(CNC(C)c2ccncc2)c1. The molecule has 2 rings (SSSR count). The summed E-state index contributed by atoms with van der Waals surface area (Å²) < 4.78 is 2.19. The molecule has 2 heterocycles. The fourth-order valence-electron chi connectivity index (χ4n) is 1.83. The van der Waals surface area contributed by atoms with Crippen LogP contribution in [0.5, 0.6) is 0 Å². The Bertz CT molecular complexity index is 448. The van der Waals surface area contributed by atoms with Crippen molar-refractivity contribution < 1.29 is 0 Å². The van der Waals surface area contributed by atoms with Gasteiger partial charge in [0.2, 0.25) is 0 Å². The van der Waals surface area contributed by atoms with Crippen LogP contribution >= 0.6 is 0 Å². The summed E-state index contributed by atoms with van der Waals surface area (Å²) in [5.74, 6) is 0. The van der Waals surface area contributed by atoms with Gasteiger partial charge in [-0.1, -0.05) is 0 Å². The fourth-order valence-corrected chi connectivity index (χ4v) is 1.83. The van der Waals surface area contributed by atoms with Crippen LogP contribution in [-0.2, 0) is 13.1 Å². The highest BCUT2D eigenvalue weighted by molar-refractivity contribution is 5.15. The summed E-state index contributed by atoms with van der Waals surface area (Å²) in [5.41, 5.74) is 2.60. The van der Waals surface area contributed by atoms with Gasteiger partial charge in [0.25, 0.3) is 0 Å². The first-order chi connectivity index (χ1) is 8.29. The van der Waals surface area contributed by atoms with E-state index < -0.39 is 0 Å². The van der Waals surface area contributed by atoms with Crippen LogP contribution in [0.15, 0.2) is 43.0 Å². The number of hydrogen-bond donors (Lipinski definition) is 1. The quantitative estimate of drug-likeness (QED) is 0.854. The van der Waals surface area contributed by atoms with Gasteiger partial charge in [-0.25, -0.2) is 0 Å². The molecule has 0 fully saturated rings. The highest BCUT2D eigenvalue weighted by atomic mass is 14.9. The molecule has 0 amide bonds. The summed E-state index contributed by atoms with van der Waals surface area (Å²) in [5, 5.41) is 3.51. The van der Waals surface area contributed by atoms with Crippen LogP contribution in [0.1, 0.15) is 31.0 Å². The van der Waals surface area contributed by atoms with Crippen molar-refractivity contribution in [2.75, 3.05) is 0 Å². The van der Waals surface area contributed by atoms with Gasteiger partial charge in [0.1, 0.15) is 0 Å². The first kappa shape index (κ1) is 11.9. The Morgan fingerprint density at radius 2 is 2.06 bits per heavy atom. The van der Waals surface area contributed by atoms with Gasteiger partial charge in [-0.3, -0.25) is 4.98 Å². The van der Waals surface area contributed by atoms with E-state index in [9.17, 15) is 0 Å². The topological polar surface area (TPSA) is 29.9 Å². The van der Waals surface area contributed by atoms with E-state index in [1.165, 1.54) is 11.1 Å². The second-order valence-electron chi connectivity index (χ2n) is 4.23. The zero-order chi connectivity index (χ0) is 12.1. The molecule has 0 aliphatic heterocycles. The lowest BCUT2D eigenvalue weighted by Gasteiger charge is -2.13. The molecule has 3 nitrogen and oxygen atoms in total. The highest BCUT2D eigenvalue weighted by Crippen LogP contribution is 2.11. The fraction of sp³-hybridized carbons (Fsp3) is 0.357. The maximum Gasteiger partial charge on any atom is 0.0296 e. The normalized spacial score (nSPS) is 12.6. The van der Waals surface area contributed by atoms with Gasteiger partial charge in [-0.2, -0.15) is 0 Å². The molecule has 0 radical (unpaired) electrons. The third-order valence-corrected chi connectivity index (χ3v) is 3.00. The van der Waals surface area contributed by atoms with Crippen molar-refractivity contribution in [3.63, 3.8) is 0 Å². The highest BCUT2D eigenvalue weighted by Gasteiger charge is 2.04. The first-order valence-electron chi connectivity index (χ1n) is 6.07. The molecule has 0 saturated carbocycles. The average Bonchev–Trinajstić information content (AvgIpc) is 2.85. The van der Waals surface area contributed by atoms with E-state index in [4.69, 9.17) is 0 Å². The van der Waals surface area contributed by atoms with E-state index >= 15 is 0 Å². The van der Waals surface area contributed by atoms with Gasteiger partial charge < -0.3 is 9.88 Å². The minimum Gasteiger partial charge on any atom is -0.354 e. The Morgan fingerprint density at radius 3 is 2.71 bits per heavy atom. The van der Waals surface area contributed by atoms with E-state index in [2.05, 4.69) is 59.3 Å². The second-order valence-corrected chi connectivity index (χ2v) is 4.23. The Morgan fingerprint density at radius 1 is 1.29 bits per heavy atom. The average molecular weight is 229 g/mol. The Balaban J connectivity index is 1.90. The van der Waals surface area contributed by atoms with Crippen molar-refractivity contribution in [2.24, 2.45) is 0 Å². The lowest BCUT2D eigenvalue weighted by molar-refractivity contribution is 0.573. The van der Waals surface area contributed by atoms with E-state index in [1.807, 2.05) is 12.4 Å². The van der Waals surface area contributed by atoms with Gasteiger partial charge in [-0.05, 0) is 43.2 Å². The van der Waals surface area contributed by atoms with Gasteiger partial charge in [0.15, 0.2) is 0 Å². The van der Waals surface area contributed by atoms with Crippen LogP contribution in [-0.4, -0.2) is 9.55 Å². The monoisotopic (exact) mass is 229 g/mol. The van der Waals surface area contributed by atoms with Crippen molar-refractivity contribution in [2.45, 2.75) is 33.0 Å². The van der Waals surface area contributed by atoms with E-state index in [-0.39, 0.29) is 0 Å². The molecule has 2 aromatic heterocycles. The molecule has 2 aromatic rings. The molecule has 1 N–H and O–H groups in total. The van der Waals surface area contributed by atoms with Gasteiger partial charge in [-0.15, -0.1) is 0 Å². The minimum atomic E-state index is 0.350. The number of nitrogens with one attached hydrogen (secondary N) is 1. The maximum absolute atomic E-state index is 4.03. The summed E-state index contributed by atoms with van der Waals surface area (Å²) in [6, 6.07) is 6.61. The molecule has 1 atom stereocenters. The smallest absolute Gasteiger partial charge is 0.0296 e. The molecule has 0 spiro atoms. The Labute approximate surface area is 103 Å². The zero-order valence-electron chi connectivity index (χ0n) is 10.4. The lowest BCUT2D eigenvalue weighted by atomic mass is 10.1. The largest absolute Gasteiger partial charge is 0.354 e. The summed E-state index contributed by atoms with van der Waals surface area (Å²) >= 11 is 0. The van der Waals surface area contributed by atoms with Crippen molar-refractivity contribution in [1.82, 2.24) is 14.9 Å². The molecule has 0 bridgehead atoms. The molecular formula is C14H19N3. The van der Waals surface area contributed by atoms with Gasteiger partial charge in [0, 0.05) is 43.9 Å².